The SMILES string of the molecule is Cc1ccc2c(c1)[C@@H]1C[NH+](C)CC[C@@H]1N2C(=O)c1cc2c(s1)CCCC2. The zero-order valence-corrected chi connectivity index (χ0v) is 16.5. The third kappa shape index (κ3) is 2.54. The third-order valence-electron chi connectivity index (χ3n) is 6.50. The molecule has 1 amide bonds. The van der Waals surface area contributed by atoms with E-state index >= 15 is 0 Å². The van der Waals surface area contributed by atoms with Gasteiger partial charge in [-0.25, -0.2) is 0 Å². The first-order chi connectivity index (χ1) is 12.6. The first-order valence-electron chi connectivity index (χ1n) is 9.99. The number of quaternary nitrogens is 1. The normalized spacial score (nSPS) is 27.0. The molecule has 1 aromatic carbocycles. The number of hydrogen-bond acceptors (Lipinski definition) is 2. The van der Waals surface area contributed by atoms with Crippen molar-refractivity contribution in [3.05, 3.63) is 50.7 Å². The van der Waals surface area contributed by atoms with Crippen LogP contribution in [0.1, 0.15) is 56.4 Å². The van der Waals surface area contributed by atoms with Crippen LogP contribution >= 0.6 is 11.3 Å². The van der Waals surface area contributed by atoms with Crippen LogP contribution in [0.4, 0.5) is 5.69 Å². The lowest BCUT2D eigenvalue weighted by Crippen LogP contribution is -3.11. The number of nitrogens with zero attached hydrogens (tertiary/aromatic N) is 1. The van der Waals surface area contributed by atoms with E-state index in [0.717, 1.165) is 42.9 Å². The fourth-order valence-corrected chi connectivity index (χ4v) is 6.37. The molecule has 0 bridgehead atoms. The summed E-state index contributed by atoms with van der Waals surface area (Å²) < 4.78 is 0. The van der Waals surface area contributed by atoms with Crippen molar-refractivity contribution in [3.63, 3.8) is 0 Å². The van der Waals surface area contributed by atoms with Crippen LogP contribution in [-0.2, 0) is 12.8 Å². The minimum absolute atomic E-state index is 0.238. The van der Waals surface area contributed by atoms with E-state index in [1.54, 1.807) is 16.2 Å². The fraction of sp³-hybridized carbons (Fsp3) is 0.500. The van der Waals surface area contributed by atoms with Gasteiger partial charge in [-0.2, -0.15) is 0 Å². The molecule has 0 saturated carbocycles. The van der Waals surface area contributed by atoms with E-state index in [9.17, 15) is 4.79 Å². The van der Waals surface area contributed by atoms with Gasteiger partial charge >= 0.3 is 0 Å². The topological polar surface area (TPSA) is 24.8 Å². The van der Waals surface area contributed by atoms with Crippen LogP contribution in [0, 0.1) is 6.92 Å². The number of aryl methyl sites for hydroxylation is 3. The predicted molar refractivity (Wildman–Crippen MR) is 107 cm³/mol. The number of piperidine rings is 1. The fourth-order valence-electron chi connectivity index (χ4n) is 5.18. The highest BCUT2D eigenvalue weighted by atomic mass is 32.1. The highest BCUT2D eigenvalue weighted by Gasteiger charge is 2.46. The Hall–Kier alpha value is -1.65. The van der Waals surface area contributed by atoms with Crippen LogP contribution in [0.2, 0.25) is 0 Å². The lowest BCUT2D eigenvalue weighted by atomic mass is 9.89. The summed E-state index contributed by atoms with van der Waals surface area (Å²) in [4.78, 5) is 19.7. The number of likely N-dealkylation sites (N-methyl/N-ethyl adjacent to an activating group) is 1. The quantitative estimate of drug-likeness (QED) is 0.824. The van der Waals surface area contributed by atoms with Crippen molar-refractivity contribution in [2.24, 2.45) is 0 Å². The monoisotopic (exact) mass is 367 g/mol. The van der Waals surface area contributed by atoms with Gasteiger partial charge in [0.1, 0.15) is 0 Å². The minimum atomic E-state index is 0.238. The Kier molecular flexibility index (Phi) is 3.94. The van der Waals surface area contributed by atoms with Gasteiger partial charge in [-0.05, 0) is 55.9 Å². The van der Waals surface area contributed by atoms with Crippen LogP contribution in [0.3, 0.4) is 0 Å². The molecule has 3 aliphatic rings. The predicted octanol–water partition coefficient (Wildman–Crippen LogP) is 2.97. The van der Waals surface area contributed by atoms with Crippen molar-refractivity contribution < 1.29 is 9.69 Å². The van der Waals surface area contributed by atoms with E-state index in [2.05, 4.69) is 43.1 Å². The number of nitrogens with one attached hydrogen (secondary N) is 1. The summed E-state index contributed by atoms with van der Waals surface area (Å²) in [6.45, 7) is 4.44. The highest BCUT2D eigenvalue weighted by Crippen LogP contribution is 2.44. The molecule has 4 heteroatoms. The molecule has 1 aromatic heterocycles. The molecule has 3 atom stereocenters. The summed E-state index contributed by atoms with van der Waals surface area (Å²) in [6, 6.07) is 9.19. The Labute approximate surface area is 159 Å². The largest absolute Gasteiger partial charge is 0.337 e. The van der Waals surface area contributed by atoms with Crippen LogP contribution < -0.4 is 9.80 Å². The molecule has 3 heterocycles. The Morgan fingerprint density at radius 2 is 2.08 bits per heavy atom. The van der Waals surface area contributed by atoms with E-state index in [-0.39, 0.29) is 5.91 Å². The van der Waals surface area contributed by atoms with Gasteiger partial charge in [0.2, 0.25) is 0 Å². The molecule has 2 aliphatic heterocycles. The summed E-state index contributed by atoms with van der Waals surface area (Å²) in [5, 5.41) is 0. The molecule has 136 valence electrons. The number of carbonyl (C=O) groups excluding carboxylic acids is 1. The van der Waals surface area contributed by atoms with Crippen LogP contribution in [0.25, 0.3) is 0 Å². The number of benzene rings is 1. The van der Waals surface area contributed by atoms with Crippen molar-refractivity contribution in [3.8, 4) is 0 Å². The molecular weight excluding hydrogens is 340 g/mol. The molecule has 26 heavy (non-hydrogen) atoms. The smallest absolute Gasteiger partial charge is 0.268 e. The van der Waals surface area contributed by atoms with E-state index in [4.69, 9.17) is 0 Å². The van der Waals surface area contributed by atoms with E-state index in [0.29, 0.717) is 12.0 Å². The molecule has 3 nitrogen and oxygen atoms in total. The average Bonchev–Trinajstić information content (AvgIpc) is 3.20. The maximum absolute atomic E-state index is 13.6. The molecule has 5 rings (SSSR count). The molecular formula is C22H27N2OS+. The van der Waals surface area contributed by atoms with Gasteiger partial charge in [0.15, 0.2) is 0 Å². The maximum atomic E-state index is 13.6. The molecule has 1 fully saturated rings. The number of amides is 1. The number of thiophene rings is 1. The van der Waals surface area contributed by atoms with Crippen LogP contribution in [-0.4, -0.2) is 32.1 Å². The molecule has 0 spiro atoms. The molecule has 1 saturated heterocycles. The Morgan fingerprint density at radius 3 is 2.92 bits per heavy atom. The Bertz CT molecular complexity index is 848. The van der Waals surface area contributed by atoms with Crippen LogP contribution in [0.15, 0.2) is 24.3 Å². The zero-order chi connectivity index (χ0) is 17.8. The lowest BCUT2D eigenvalue weighted by Gasteiger charge is -2.34. The third-order valence-corrected chi connectivity index (χ3v) is 7.72. The van der Waals surface area contributed by atoms with Crippen molar-refractivity contribution in [1.29, 1.82) is 0 Å². The average molecular weight is 368 g/mol. The molecule has 1 N–H and O–H groups in total. The van der Waals surface area contributed by atoms with Gasteiger partial charge in [0.05, 0.1) is 37.0 Å². The first kappa shape index (κ1) is 16.5. The Morgan fingerprint density at radius 1 is 1.23 bits per heavy atom. The van der Waals surface area contributed by atoms with Crippen molar-refractivity contribution >= 4 is 22.9 Å². The lowest BCUT2D eigenvalue weighted by molar-refractivity contribution is -0.886. The minimum Gasteiger partial charge on any atom is -0.337 e. The maximum Gasteiger partial charge on any atom is 0.268 e. The van der Waals surface area contributed by atoms with Gasteiger partial charge in [0, 0.05) is 17.0 Å². The van der Waals surface area contributed by atoms with Crippen molar-refractivity contribution in [2.75, 3.05) is 25.0 Å². The summed E-state index contributed by atoms with van der Waals surface area (Å²) in [7, 11) is 2.28. The van der Waals surface area contributed by atoms with Gasteiger partial charge in [-0.1, -0.05) is 17.7 Å². The molecule has 1 unspecified atom stereocenters. The van der Waals surface area contributed by atoms with Crippen molar-refractivity contribution in [2.45, 2.75) is 51.0 Å². The standard InChI is InChI=1S/C22H26N2OS/c1-14-7-8-18-16(11-14)17-13-23(2)10-9-19(17)24(18)22(25)21-12-15-5-3-4-6-20(15)26-21/h7-8,11-12,17,19H,3-6,9-10,13H2,1-2H3/p+1/t17-,19-/m0/s1. The first-order valence-corrected chi connectivity index (χ1v) is 10.8. The van der Waals surface area contributed by atoms with Gasteiger partial charge in [-0.3, -0.25) is 4.79 Å². The Balaban J connectivity index is 1.55. The second kappa shape index (κ2) is 6.21. The summed E-state index contributed by atoms with van der Waals surface area (Å²) >= 11 is 1.75. The van der Waals surface area contributed by atoms with E-state index < -0.39 is 0 Å². The van der Waals surface area contributed by atoms with Crippen molar-refractivity contribution in [1.82, 2.24) is 0 Å². The number of rotatable bonds is 1. The van der Waals surface area contributed by atoms with E-state index in [1.807, 2.05) is 0 Å². The molecule has 2 aromatic rings. The second-order valence-electron chi connectivity index (χ2n) is 8.38. The van der Waals surface area contributed by atoms with Gasteiger partial charge in [-0.15, -0.1) is 11.3 Å². The highest BCUT2D eigenvalue weighted by molar-refractivity contribution is 7.14. The number of anilines is 1. The number of hydrogen-bond donors (Lipinski definition) is 1. The number of likely N-dealkylation sites (tertiary alicyclic amines) is 1. The summed E-state index contributed by atoms with van der Waals surface area (Å²) in [6.07, 6.45) is 5.94. The number of fused-ring (bicyclic) bond motifs is 4. The van der Waals surface area contributed by atoms with Crippen LogP contribution in [0.5, 0.6) is 0 Å². The second-order valence-corrected chi connectivity index (χ2v) is 9.51. The summed E-state index contributed by atoms with van der Waals surface area (Å²) in [5.41, 5.74) is 5.28. The van der Waals surface area contributed by atoms with E-state index in [1.165, 1.54) is 34.4 Å². The molecule has 1 aliphatic carbocycles. The van der Waals surface area contributed by atoms with Gasteiger partial charge < -0.3 is 9.80 Å². The zero-order valence-electron chi connectivity index (χ0n) is 15.7. The summed E-state index contributed by atoms with van der Waals surface area (Å²) in [5.74, 6) is 0.721. The van der Waals surface area contributed by atoms with Gasteiger partial charge in [0.25, 0.3) is 5.91 Å². The molecule has 0 radical (unpaired) electrons. The number of carbonyl (C=O) groups is 1.